The van der Waals surface area contributed by atoms with E-state index >= 15 is 0 Å². The smallest absolute Gasteiger partial charge is 0.287 e. The molecule has 2 fully saturated rings. The summed E-state index contributed by atoms with van der Waals surface area (Å²) in [5, 5.41) is 2.61. The first-order chi connectivity index (χ1) is 14.9. The summed E-state index contributed by atoms with van der Waals surface area (Å²) in [6.07, 6.45) is 1.31. The topological polar surface area (TPSA) is 109 Å². The van der Waals surface area contributed by atoms with Crippen LogP contribution in [0.2, 0.25) is 0 Å². The van der Waals surface area contributed by atoms with Crippen LogP contribution in [0.1, 0.15) is 35.0 Å². The maximum absolute atomic E-state index is 12.9. The minimum Gasteiger partial charge on any atom is -0.438 e. The highest BCUT2D eigenvalue weighted by Crippen LogP contribution is 2.22. The molecule has 3 heterocycles. The van der Waals surface area contributed by atoms with E-state index in [4.69, 9.17) is 9.15 Å². The number of furan rings is 1. The molecule has 0 aliphatic carbocycles. The summed E-state index contributed by atoms with van der Waals surface area (Å²) in [5.41, 5.74) is 0.850. The molecule has 2 aromatic rings. The number of likely N-dealkylation sites (tertiary alicyclic amines) is 1. The molecule has 0 radical (unpaired) electrons. The Labute approximate surface area is 181 Å². The fourth-order valence-electron chi connectivity index (χ4n) is 3.76. The highest BCUT2D eigenvalue weighted by atomic mass is 32.2. The largest absolute Gasteiger partial charge is 0.438 e. The lowest BCUT2D eigenvalue weighted by Crippen LogP contribution is -2.40. The lowest BCUT2D eigenvalue weighted by molar-refractivity contribution is -0.128. The summed E-state index contributed by atoms with van der Waals surface area (Å²) in [6, 6.07) is 11.6. The van der Waals surface area contributed by atoms with E-state index in [1.54, 1.807) is 4.90 Å². The zero-order chi connectivity index (χ0) is 21.8. The van der Waals surface area contributed by atoms with E-state index in [1.165, 1.54) is 16.4 Å². The van der Waals surface area contributed by atoms with Crippen LogP contribution in [0.4, 0.5) is 0 Å². The van der Waals surface area contributed by atoms with Crippen molar-refractivity contribution in [2.75, 3.05) is 39.4 Å². The van der Waals surface area contributed by atoms with Gasteiger partial charge in [-0.3, -0.25) is 9.59 Å². The molecule has 0 bridgehead atoms. The van der Waals surface area contributed by atoms with E-state index < -0.39 is 22.0 Å². The van der Waals surface area contributed by atoms with E-state index in [-0.39, 0.29) is 29.8 Å². The van der Waals surface area contributed by atoms with Crippen LogP contribution in [0, 0.1) is 0 Å². The lowest BCUT2D eigenvalue weighted by atomic mass is 10.1. The molecule has 1 N–H and O–H groups in total. The summed E-state index contributed by atoms with van der Waals surface area (Å²) in [7, 11) is -3.83. The summed E-state index contributed by atoms with van der Waals surface area (Å²) >= 11 is 0. The van der Waals surface area contributed by atoms with Crippen LogP contribution in [0.3, 0.4) is 0 Å². The first-order valence-corrected chi connectivity index (χ1v) is 11.7. The van der Waals surface area contributed by atoms with Crippen molar-refractivity contribution in [3.63, 3.8) is 0 Å². The maximum atomic E-state index is 12.9. The number of morpholine rings is 1. The zero-order valence-corrected chi connectivity index (χ0v) is 17.8. The molecule has 2 saturated heterocycles. The number of sulfonamides is 1. The van der Waals surface area contributed by atoms with Crippen LogP contribution in [0.15, 0.2) is 52.0 Å². The maximum Gasteiger partial charge on any atom is 0.287 e. The molecule has 2 aliphatic heterocycles. The van der Waals surface area contributed by atoms with Gasteiger partial charge in [0.15, 0.2) is 5.76 Å². The number of carbonyl (C=O) groups is 2. The number of hydrogen-bond donors (Lipinski definition) is 1. The highest BCUT2D eigenvalue weighted by molar-refractivity contribution is 7.89. The molecule has 10 heteroatoms. The second-order valence-electron chi connectivity index (χ2n) is 7.52. The van der Waals surface area contributed by atoms with Crippen LogP contribution in [0.5, 0.6) is 0 Å². The van der Waals surface area contributed by atoms with Crippen molar-refractivity contribution in [3.05, 3.63) is 53.8 Å². The minimum atomic E-state index is -3.83. The average Bonchev–Trinajstić information content (AvgIpc) is 3.44. The van der Waals surface area contributed by atoms with Gasteiger partial charge in [-0.2, -0.15) is 4.31 Å². The molecule has 4 rings (SSSR count). The first kappa shape index (κ1) is 21.5. The van der Waals surface area contributed by atoms with Crippen LogP contribution < -0.4 is 5.32 Å². The summed E-state index contributed by atoms with van der Waals surface area (Å²) < 4.78 is 37.4. The Bertz CT molecular complexity index is 1030. The van der Waals surface area contributed by atoms with Crippen molar-refractivity contribution in [3.8, 4) is 0 Å². The van der Waals surface area contributed by atoms with E-state index in [0.717, 1.165) is 12.0 Å². The number of hydrogen-bond acceptors (Lipinski definition) is 6. The van der Waals surface area contributed by atoms with Gasteiger partial charge in [-0.25, -0.2) is 8.42 Å². The van der Waals surface area contributed by atoms with Gasteiger partial charge in [0.1, 0.15) is 0 Å². The Hall–Kier alpha value is -2.69. The van der Waals surface area contributed by atoms with Crippen LogP contribution in [-0.4, -0.2) is 68.8 Å². The molecule has 2 aliphatic rings. The Kier molecular flexibility index (Phi) is 6.40. The average molecular weight is 448 g/mol. The third-order valence-corrected chi connectivity index (χ3v) is 7.22. The monoisotopic (exact) mass is 447 g/mol. The van der Waals surface area contributed by atoms with Gasteiger partial charge in [0.2, 0.25) is 11.0 Å². The molecule has 0 saturated carbocycles. The minimum absolute atomic E-state index is 0.0621. The van der Waals surface area contributed by atoms with Gasteiger partial charge in [0, 0.05) is 32.6 Å². The summed E-state index contributed by atoms with van der Waals surface area (Å²) in [6.45, 7) is 2.12. The van der Waals surface area contributed by atoms with Crippen LogP contribution >= 0.6 is 0 Å². The Morgan fingerprint density at radius 2 is 1.81 bits per heavy atom. The molecule has 2 amide bonds. The normalized spacial score (nSPS) is 18.8. The van der Waals surface area contributed by atoms with Crippen molar-refractivity contribution >= 4 is 21.8 Å². The highest BCUT2D eigenvalue weighted by Gasteiger charge is 2.31. The van der Waals surface area contributed by atoms with Gasteiger partial charge < -0.3 is 19.4 Å². The number of rotatable bonds is 7. The van der Waals surface area contributed by atoms with Crippen LogP contribution in [-0.2, 0) is 19.6 Å². The predicted molar refractivity (Wildman–Crippen MR) is 111 cm³/mol. The molecule has 9 nitrogen and oxygen atoms in total. The fourth-order valence-corrected chi connectivity index (χ4v) is 5.08. The molecule has 0 spiro atoms. The van der Waals surface area contributed by atoms with Crippen molar-refractivity contribution in [2.24, 2.45) is 0 Å². The van der Waals surface area contributed by atoms with E-state index in [2.05, 4.69) is 5.32 Å². The SMILES string of the molecule is O=C(NC(CN1CCCC1=O)c1ccccc1)c1ccc(S(=O)(=O)N2CCOCC2)o1. The lowest BCUT2D eigenvalue weighted by Gasteiger charge is -2.25. The van der Waals surface area contributed by atoms with Crippen molar-refractivity contribution in [2.45, 2.75) is 24.0 Å². The molecule has 1 atom stereocenters. The standard InChI is InChI=1S/C21H25N3O6S/c25-19-7-4-10-23(19)15-17(16-5-2-1-3-6-16)22-21(26)18-8-9-20(30-18)31(27,28)24-11-13-29-14-12-24/h1-3,5-6,8-9,17H,4,7,10-15H2,(H,22,26). The van der Waals surface area contributed by atoms with E-state index in [9.17, 15) is 18.0 Å². The van der Waals surface area contributed by atoms with Gasteiger partial charge in [0.05, 0.1) is 19.3 Å². The molecule has 1 aromatic carbocycles. The third kappa shape index (κ3) is 4.81. The zero-order valence-electron chi connectivity index (χ0n) is 17.0. The number of nitrogens with one attached hydrogen (secondary N) is 1. The second kappa shape index (κ2) is 9.21. The molecule has 31 heavy (non-hydrogen) atoms. The number of carbonyl (C=O) groups excluding carboxylic acids is 2. The predicted octanol–water partition coefficient (Wildman–Crippen LogP) is 1.39. The van der Waals surface area contributed by atoms with Gasteiger partial charge >= 0.3 is 0 Å². The van der Waals surface area contributed by atoms with E-state index in [0.29, 0.717) is 32.7 Å². The number of benzene rings is 1. The first-order valence-electron chi connectivity index (χ1n) is 10.3. The van der Waals surface area contributed by atoms with Crippen LogP contribution in [0.25, 0.3) is 0 Å². The van der Waals surface area contributed by atoms with Gasteiger partial charge in [-0.1, -0.05) is 30.3 Å². The molecule has 1 aromatic heterocycles. The number of amides is 2. The van der Waals surface area contributed by atoms with Crippen molar-refractivity contribution in [1.82, 2.24) is 14.5 Å². The van der Waals surface area contributed by atoms with Crippen molar-refractivity contribution < 1.29 is 27.2 Å². The summed E-state index contributed by atoms with van der Waals surface area (Å²) in [5.74, 6) is -0.573. The quantitative estimate of drug-likeness (QED) is 0.687. The Balaban J connectivity index is 1.50. The molecule has 1 unspecified atom stereocenters. The molecule has 166 valence electrons. The third-order valence-electron chi connectivity index (χ3n) is 5.45. The van der Waals surface area contributed by atoms with Gasteiger partial charge in [-0.15, -0.1) is 0 Å². The second-order valence-corrected chi connectivity index (χ2v) is 9.38. The summed E-state index contributed by atoms with van der Waals surface area (Å²) in [4.78, 5) is 26.7. The Morgan fingerprint density at radius 1 is 1.06 bits per heavy atom. The van der Waals surface area contributed by atoms with Gasteiger partial charge in [-0.05, 0) is 24.1 Å². The van der Waals surface area contributed by atoms with Crippen molar-refractivity contribution in [1.29, 1.82) is 0 Å². The number of ether oxygens (including phenoxy) is 1. The van der Waals surface area contributed by atoms with E-state index in [1.807, 2.05) is 30.3 Å². The van der Waals surface area contributed by atoms with Gasteiger partial charge in [0.25, 0.3) is 15.9 Å². The fraction of sp³-hybridized carbons (Fsp3) is 0.429. The molecular formula is C21H25N3O6S. The number of nitrogens with zero attached hydrogens (tertiary/aromatic N) is 2. The molecular weight excluding hydrogens is 422 g/mol. The Morgan fingerprint density at radius 3 is 2.48 bits per heavy atom.